The zero-order valence-corrected chi connectivity index (χ0v) is 17.2. The third kappa shape index (κ3) is 3.84. The van der Waals surface area contributed by atoms with E-state index in [0.29, 0.717) is 16.8 Å². The van der Waals surface area contributed by atoms with Gasteiger partial charge in [-0.15, -0.1) is 0 Å². The largest absolute Gasteiger partial charge is 0.507 e. The van der Waals surface area contributed by atoms with Crippen molar-refractivity contribution in [3.8, 4) is 0 Å². The number of aromatic nitrogens is 1. The number of carbonyl (C=O) groups is 2. The van der Waals surface area contributed by atoms with Crippen LogP contribution in [-0.4, -0.2) is 26.7 Å². The van der Waals surface area contributed by atoms with Gasteiger partial charge in [0.25, 0.3) is 11.7 Å². The number of aryl methyl sites for hydroxylation is 2. The monoisotopic (exact) mass is 416 g/mol. The normalized spacial score (nSPS) is 17.9. The third-order valence-electron chi connectivity index (χ3n) is 5.42. The molecule has 0 bridgehead atoms. The van der Waals surface area contributed by atoms with Crippen LogP contribution in [0.5, 0.6) is 0 Å². The van der Waals surface area contributed by atoms with Gasteiger partial charge in [0, 0.05) is 18.3 Å². The summed E-state index contributed by atoms with van der Waals surface area (Å²) in [6.07, 6.45) is 1.57. The number of Topliss-reactive ketones (excluding diaryl/α,β-unsaturated/α-hetero) is 1. The summed E-state index contributed by atoms with van der Waals surface area (Å²) < 4.78 is 13.3. The second-order valence-electron chi connectivity index (χ2n) is 7.63. The van der Waals surface area contributed by atoms with E-state index in [4.69, 9.17) is 0 Å². The molecule has 2 aromatic carbocycles. The molecule has 31 heavy (non-hydrogen) atoms. The van der Waals surface area contributed by atoms with Crippen molar-refractivity contribution >= 4 is 17.4 Å². The number of amides is 1. The van der Waals surface area contributed by atoms with Crippen LogP contribution in [0.1, 0.15) is 34.0 Å². The molecule has 1 amide bonds. The fourth-order valence-electron chi connectivity index (χ4n) is 3.81. The lowest BCUT2D eigenvalue weighted by Crippen LogP contribution is -2.29. The number of nitrogens with zero attached hydrogens (tertiary/aromatic N) is 2. The van der Waals surface area contributed by atoms with Gasteiger partial charge in [0.2, 0.25) is 0 Å². The van der Waals surface area contributed by atoms with E-state index < -0.39 is 17.7 Å². The first kappa shape index (κ1) is 20.5. The van der Waals surface area contributed by atoms with Crippen LogP contribution in [0.3, 0.4) is 0 Å². The van der Waals surface area contributed by atoms with E-state index in [1.807, 2.05) is 26.0 Å². The first-order valence-electron chi connectivity index (χ1n) is 9.88. The molecule has 1 saturated heterocycles. The van der Waals surface area contributed by atoms with Gasteiger partial charge in [-0.05, 0) is 55.3 Å². The van der Waals surface area contributed by atoms with Crippen LogP contribution in [0.4, 0.5) is 4.39 Å². The fourth-order valence-corrected chi connectivity index (χ4v) is 3.81. The molecule has 1 aliphatic rings. The second kappa shape index (κ2) is 8.14. The Morgan fingerprint density at radius 3 is 2.48 bits per heavy atom. The van der Waals surface area contributed by atoms with E-state index in [2.05, 4.69) is 4.98 Å². The number of hydrogen-bond acceptors (Lipinski definition) is 4. The Kier molecular flexibility index (Phi) is 5.38. The van der Waals surface area contributed by atoms with Crippen molar-refractivity contribution < 1.29 is 19.1 Å². The fraction of sp³-hybridized carbons (Fsp3) is 0.160. The van der Waals surface area contributed by atoms with Crippen molar-refractivity contribution in [2.24, 2.45) is 0 Å². The maximum absolute atomic E-state index is 13.3. The molecule has 1 aliphatic heterocycles. The first-order chi connectivity index (χ1) is 14.9. The van der Waals surface area contributed by atoms with Gasteiger partial charge in [-0.25, -0.2) is 4.39 Å². The third-order valence-corrected chi connectivity index (χ3v) is 5.42. The molecule has 5 nitrogen and oxygen atoms in total. The van der Waals surface area contributed by atoms with Crippen LogP contribution < -0.4 is 0 Å². The van der Waals surface area contributed by atoms with Crippen molar-refractivity contribution in [3.63, 3.8) is 0 Å². The van der Waals surface area contributed by atoms with Gasteiger partial charge >= 0.3 is 0 Å². The highest BCUT2D eigenvalue weighted by Crippen LogP contribution is 2.40. The molecule has 1 N–H and O–H groups in total. The molecule has 2 heterocycles. The van der Waals surface area contributed by atoms with Crippen LogP contribution in [-0.2, 0) is 16.1 Å². The predicted octanol–water partition coefficient (Wildman–Crippen LogP) is 4.46. The molecule has 156 valence electrons. The average Bonchev–Trinajstić information content (AvgIpc) is 3.02. The van der Waals surface area contributed by atoms with Crippen molar-refractivity contribution in [2.45, 2.75) is 26.4 Å². The Bertz CT molecular complexity index is 1190. The molecule has 3 aromatic rings. The van der Waals surface area contributed by atoms with Crippen molar-refractivity contribution in [1.29, 1.82) is 0 Å². The second-order valence-corrected chi connectivity index (χ2v) is 7.63. The molecule has 1 aromatic heterocycles. The molecule has 0 spiro atoms. The summed E-state index contributed by atoms with van der Waals surface area (Å²) in [5.74, 6) is -2.11. The molecular formula is C25H21FN2O3. The Morgan fingerprint density at radius 2 is 1.81 bits per heavy atom. The number of aliphatic hydroxyl groups is 1. The van der Waals surface area contributed by atoms with Crippen LogP contribution in [0.2, 0.25) is 0 Å². The van der Waals surface area contributed by atoms with Crippen LogP contribution in [0.25, 0.3) is 5.76 Å². The molecule has 4 rings (SSSR count). The lowest BCUT2D eigenvalue weighted by atomic mass is 9.95. The van der Waals surface area contributed by atoms with E-state index in [9.17, 15) is 19.1 Å². The smallest absolute Gasteiger partial charge is 0.296 e. The summed E-state index contributed by atoms with van der Waals surface area (Å²) in [6.45, 7) is 3.80. The highest BCUT2D eigenvalue weighted by Gasteiger charge is 2.46. The molecule has 0 saturated carbocycles. The number of pyridine rings is 1. The SMILES string of the molecule is Cc1ccc(C)c(/C(O)=C2\C(=O)C(=O)N(Cc3ccc(F)cc3)C2c2ccccn2)c1. The first-order valence-corrected chi connectivity index (χ1v) is 9.88. The summed E-state index contributed by atoms with van der Waals surface area (Å²) in [4.78, 5) is 31.8. The zero-order valence-electron chi connectivity index (χ0n) is 17.2. The molecule has 0 radical (unpaired) electrons. The topological polar surface area (TPSA) is 70.5 Å². The van der Waals surface area contributed by atoms with Crippen LogP contribution >= 0.6 is 0 Å². The van der Waals surface area contributed by atoms with Gasteiger partial charge in [0.15, 0.2) is 0 Å². The van der Waals surface area contributed by atoms with Crippen molar-refractivity contribution in [1.82, 2.24) is 9.88 Å². The predicted molar refractivity (Wildman–Crippen MR) is 114 cm³/mol. The van der Waals surface area contributed by atoms with Gasteiger partial charge in [-0.1, -0.05) is 35.9 Å². The number of benzene rings is 2. The summed E-state index contributed by atoms with van der Waals surface area (Å²) >= 11 is 0. The maximum atomic E-state index is 13.3. The Labute approximate surface area is 179 Å². The zero-order chi connectivity index (χ0) is 22.1. The summed E-state index contributed by atoms with van der Waals surface area (Å²) in [5, 5.41) is 11.2. The maximum Gasteiger partial charge on any atom is 0.296 e. The number of ketones is 1. The Balaban J connectivity index is 1.87. The van der Waals surface area contributed by atoms with Crippen molar-refractivity contribution in [2.75, 3.05) is 0 Å². The summed E-state index contributed by atoms with van der Waals surface area (Å²) in [5.41, 5.74) is 3.33. The Hall–Kier alpha value is -3.80. The lowest BCUT2D eigenvalue weighted by Gasteiger charge is -2.24. The van der Waals surface area contributed by atoms with Gasteiger partial charge in [0.1, 0.15) is 17.6 Å². The van der Waals surface area contributed by atoms with Gasteiger partial charge in [-0.2, -0.15) is 0 Å². The van der Waals surface area contributed by atoms with E-state index in [0.717, 1.165) is 11.1 Å². The lowest BCUT2D eigenvalue weighted by molar-refractivity contribution is -0.140. The average molecular weight is 416 g/mol. The minimum Gasteiger partial charge on any atom is -0.507 e. The highest BCUT2D eigenvalue weighted by molar-refractivity contribution is 6.46. The van der Waals surface area contributed by atoms with Crippen LogP contribution in [0.15, 0.2) is 72.4 Å². The number of hydrogen-bond donors (Lipinski definition) is 1. The standard InChI is InChI=1S/C25H21FN2O3/c1-15-6-7-16(2)19(13-15)23(29)21-22(20-5-3-4-12-27-20)28(25(31)24(21)30)14-17-8-10-18(26)11-9-17/h3-13,22,29H,14H2,1-2H3/b23-21+. The van der Waals surface area contributed by atoms with E-state index in [1.54, 1.807) is 42.6 Å². The summed E-state index contributed by atoms with van der Waals surface area (Å²) in [6, 6.07) is 15.6. The van der Waals surface area contributed by atoms with Gasteiger partial charge in [0.05, 0.1) is 11.3 Å². The highest BCUT2D eigenvalue weighted by atomic mass is 19.1. The molecule has 6 heteroatoms. The van der Waals surface area contributed by atoms with E-state index in [1.165, 1.54) is 17.0 Å². The minimum absolute atomic E-state index is 0.000452. The molecule has 1 unspecified atom stereocenters. The number of rotatable bonds is 4. The summed E-state index contributed by atoms with van der Waals surface area (Å²) in [7, 11) is 0. The van der Waals surface area contributed by atoms with Gasteiger partial charge in [-0.3, -0.25) is 14.6 Å². The van der Waals surface area contributed by atoms with E-state index in [-0.39, 0.29) is 23.7 Å². The van der Waals surface area contributed by atoms with Crippen molar-refractivity contribution in [3.05, 3.63) is 106 Å². The number of halogens is 1. The molecular weight excluding hydrogens is 395 g/mol. The van der Waals surface area contributed by atoms with E-state index >= 15 is 0 Å². The van der Waals surface area contributed by atoms with Crippen LogP contribution in [0, 0.1) is 19.7 Å². The number of aliphatic hydroxyl groups excluding tert-OH is 1. The number of likely N-dealkylation sites (tertiary alicyclic amines) is 1. The van der Waals surface area contributed by atoms with Gasteiger partial charge < -0.3 is 10.0 Å². The molecule has 0 aliphatic carbocycles. The Morgan fingerprint density at radius 1 is 1.06 bits per heavy atom. The number of carbonyl (C=O) groups excluding carboxylic acids is 2. The minimum atomic E-state index is -0.855. The molecule has 1 fully saturated rings. The quantitative estimate of drug-likeness (QED) is 0.387. The molecule has 1 atom stereocenters.